The Bertz CT molecular complexity index is 122. The van der Waals surface area contributed by atoms with Gasteiger partial charge in [-0.05, 0) is 14.1 Å². The predicted molar refractivity (Wildman–Crippen MR) is 44.1 cm³/mol. The van der Waals surface area contributed by atoms with Gasteiger partial charge in [-0.3, -0.25) is 4.90 Å². The number of piperazine rings is 1. The van der Waals surface area contributed by atoms with Gasteiger partial charge in [-0.15, -0.1) is 6.58 Å². The number of likely N-dealkylation sites (N-methyl/N-ethyl adjacent to an activating group) is 2. The minimum Gasteiger partial charge on any atom is -0.303 e. The Hall–Kier alpha value is -0.340. The van der Waals surface area contributed by atoms with Gasteiger partial charge in [0.2, 0.25) is 0 Å². The highest BCUT2D eigenvalue weighted by Crippen LogP contribution is 2.05. The summed E-state index contributed by atoms with van der Waals surface area (Å²) in [5.41, 5.74) is 0. The SMILES string of the molecule is C=C[C@H]1CN(C)CCN1C. The van der Waals surface area contributed by atoms with E-state index in [1.807, 2.05) is 6.08 Å². The minimum atomic E-state index is 0.554. The maximum atomic E-state index is 3.80. The van der Waals surface area contributed by atoms with Crippen LogP contribution in [0.15, 0.2) is 12.7 Å². The number of hydrogen-bond acceptors (Lipinski definition) is 2. The highest BCUT2D eigenvalue weighted by atomic mass is 15.3. The molecule has 0 saturated carbocycles. The molecule has 2 heteroatoms. The first kappa shape index (κ1) is 7.76. The lowest BCUT2D eigenvalue weighted by atomic mass is 10.2. The van der Waals surface area contributed by atoms with Gasteiger partial charge in [0.05, 0.1) is 0 Å². The molecule has 1 aliphatic rings. The third kappa shape index (κ3) is 1.58. The number of hydrogen-bond donors (Lipinski definition) is 0. The second-order valence-corrected chi connectivity index (χ2v) is 3.05. The topological polar surface area (TPSA) is 6.48 Å². The summed E-state index contributed by atoms with van der Waals surface area (Å²) in [6, 6.07) is 0.554. The summed E-state index contributed by atoms with van der Waals surface area (Å²) in [4.78, 5) is 4.68. The fourth-order valence-corrected chi connectivity index (χ4v) is 1.30. The van der Waals surface area contributed by atoms with Crippen LogP contribution < -0.4 is 0 Å². The Morgan fingerprint density at radius 1 is 1.40 bits per heavy atom. The van der Waals surface area contributed by atoms with E-state index in [1.54, 1.807) is 0 Å². The lowest BCUT2D eigenvalue weighted by Gasteiger charge is -2.35. The molecule has 1 aliphatic heterocycles. The van der Waals surface area contributed by atoms with Crippen molar-refractivity contribution in [1.29, 1.82) is 0 Å². The van der Waals surface area contributed by atoms with Gasteiger partial charge in [0, 0.05) is 25.7 Å². The van der Waals surface area contributed by atoms with E-state index < -0.39 is 0 Å². The molecule has 1 saturated heterocycles. The van der Waals surface area contributed by atoms with Crippen molar-refractivity contribution in [2.24, 2.45) is 0 Å². The number of nitrogens with zero attached hydrogens (tertiary/aromatic N) is 2. The van der Waals surface area contributed by atoms with Crippen LogP contribution in [0.2, 0.25) is 0 Å². The molecule has 0 N–H and O–H groups in total. The van der Waals surface area contributed by atoms with Gasteiger partial charge in [0.15, 0.2) is 0 Å². The summed E-state index contributed by atoms with van der Waals surface area (Å²) in [7, 11) is 4.31. The molecular formula is C8H16N2. The summed E-state index contributed by atoms with van der Waals surface area (Å²) < 4.78 is 0. The molecule has 0 radical (unpaired) electrons. The van der Waals surface area contributed by atoms with Gasteiger partial charge in [-0.2, -0.15) is 0 Å². The van der Waals surface area contributed by atoms with Gasteiger partial charge in [-0.1, -0.05) is 6.08 Å². The molecule has 0 amide bonds. The summed E-state index contributed by atoms with van der Waals surface area (Å²) in [5.74, 6) is 0. The highest BCUT2D eigenvalue weighted by Gasteiger charge is 2.18. The Morgan fingerprint density at radius 3 is 2.60 bits per heavy atom. The first-order chi connectivity index (χ1) is 4.74. The fourth-order valence-electron chi connectivity index (χ4n) is 1.30. The van der Waals surface area contributed by atoms with Crippen LogP contribution in [-0.2, 0) is 0 Å². The Labute approximate surface area is 63.1 Å². The van der Waals surface area contributed by atoms with Crippen LogP contribution in [0, 0.1) is 0 Å². The van der Waals surface area contributed by atoms with Crippen molar-refractivity contribution in [3.8, 4) is 0 Å². The van der Waals surface area contributed by atoms with Gasteiger partial charge in [-0.25, -0.2) is 0 Å². The summed E-state index contributed by atoms with van der Waals surface area (Å²) in [6.45, 7) is 7.27. The van der Waals surface area contributed by atoms with Crippen molar-refractivity contribution in [1.82, 2.24) is 9.80 Å². The van der Waals surface area contributed by atoms with Gasteiger partial charge < -0.3 is 4.90 Å². The second-order valence-electron chi connectivity index (χ2n) is 3.05. The predicted octanol–water partition coefficient (Wildman–Crippen LogP) is 0.418. The van der Waals surface area contributed by atoms with Crippen LogP contribution in [0.4, 0.5) is 0 Å². The van der Waals surface area contributed by atoms with Crippen LogP contribution in [0.25, 0.3) is 0 Å². The van der Waals surface area contributed by atoms with E-state index >= 15 is 0 Å². The van der Waals surface area contributed by atoms with Crippen molar-refractivity contribution in [2.45, 2.75) is 6.04 Å². The average molecular weight is 140 g/mol. The Morgan fingerprint density at radius 2 is 2.10 bits per heavy atom. The maximum absolute atomic E-state index is 3.80. The van der Waals surface area contributed by atoms with E-state index in [2.05, 4.69) is 30.5 Å². The molecule has 0 spiro atoms. The standard InChI is InChI=1S/C8H16N2/c1-4-8-7-9(2)5-6-10(8)3/h4,8H,1,5-7H2,2-3H3/t8-/m0/s1. The molecule has 2 nitrogen and oxygen atoms in total. The third-order valence-electron chi connectivity index (χ3n) is 2.17. The molecule has 58 valence electrons. The van der Waals surface area contributed by atoms with E-state index in [0.29, 0.717) is 6.04 Å². The van der Waals surface area contributed by atoms with Gasteiger partial charge in [0.1, 0.15) is 0 Å². The van der Waals surface area contributed by atoms with Gasteiger partial charge >= 0.3 is 0 Å². The molecule has 0 aromatic rings. The lowest BCUT2D eigenvalue weighted by molar-refractivity contribution is 0.141. The van der Waals surface area contributed by atoms with E-state index in [0.717, 1.165) is 13.1 Å². The molecular weight excluding hydrogens is 124 g/mol. The van der Waals surface area contributed by atoms with Crippen molar-refractivity contribution in [3.63, 3.8) is 0 Å². The zero-order valence-electron chi connectivity index (χ0n) is 6.88. The second kappa shape index (κ2) is 3.17. The molecule has 1 atom stereocenters. The van der Waals surface area contributed by atoms with Crippen molar-refractivity contribution in [2.75, 3.05) is 33.7 Å². The first-order valence-corrected chi connectivity index (χ1v) is 3.75. The molecule has 0 aromatic heterocycles. The largest absolute Gasteiger partial charge is 0.303 e. The molecule has 0 aliphatic carbocycles. The fraction of sp³-hybridized carbons (Fsp3) is 0.750. The van der Waals surface area contributed by atoms with Crippen molar-refractivity contribution in [3.05, 3.63) is 12.7 Å². The molecule has 1 heterocycles. The molecule has 1 fully saturated rings. The van der Waals surface area contributed by atoms with Gasteiger partial charge in [0.25, 0.3) is 0 Å². The molecule has 1 rings (SSSR count). The van der Waals surface area contributed by atoms with Crippen molar-refractivity contribution < 1.29 is 0 Å². The number of rotatable bonds is 1. The minimum absolute atomic E-state index is 0.554. The van der Waals surface area contributed by atoms with Crippen LogP contribution >= 0.6 is 0 Å². The van der Waals surface area contributed by atoms with E-state index in [-0.39, 0.29) is 0 Å². The average Bonchev–Trinajstić information content (AvgIpc) is 1.94. The van der Waals surface area contributed by atoms with Crippen LogP contribution in [0.1, 0.15) is 0 Å². The monoisotopic (exact) mass is 140 g/mol. The Kier molecular flexibility index (Phi) is 2.46. The summed E-state index contributed by atoms with van der Waals surface area (Å²) in [6.07, 6.45) is 2.02. The summed E-state index contributed by atoms with van der Waals surface area (Å²) >= 11 is 0. The molecule has 0 aromatic carbocycles. The van der Waals surface area contributed by atoms with E-state index in [9.17, 15) is 0 Å². The quantitative estimate of drug-likeness (QED) is 0.487. The first-order valence-electron chi connectivity index (χ1n) is 3.75. The molecule has 10 heavy (non-hydrogen) atoms. The lowest BCUT2D eigenvalue weighted by Crippen LogP contribution is -2.48. The molecule has 0 bridgehead atoms. The van der Waals surface area contributed by atoms with E-state index in [4.69, 9.17) is 0 Å². The van der Waals surface area contributed by atoms with Crippen LogP contribution in [0.3, 0.4) is 0 Å². The van der Waals surface area contributed by atoms with Crippen LogP contribution in [0.5, 0.6) is 0 Å². The van der Waals surface area contributed by atoms with Crippen molar-refractivity contribution >= 4 is 0 Å². The highest BCUT2D eigenvalue weighted by molar-refractivity contribution is 4.91. The third-order valence-corrected chi connectivity index (χ3v) is 2.17. The maximum Gasteiger partial charge on any atom is 0.0400 e. The normalized spacial score (nSPS) is 30.4. The molecule has 0 unspecified atom stereocenters. The summed E-state index contributed by atoms with van der Waals surface area (Å²) in [5, 5.41) is 0. The zero-order chi connectivity index (χ0) is 7.56. The zero-order valence-corrected chi connectivity index (χ0v) is 6.88. The van der Waals surface area contributed by atoms with E-state index in [1.165, 1.54) is 6.54 Å². The van der Waals surface area contributed by atoms with Crippen LogP contribution in [-0.4, -0.2) is 49.6 Å². The smallest absolute Gasteiger partial charge is 0.0400 e. The Balaban J connectivity index is 2.45.